The highest BCUT2D eigenvalue weighted by Gasteiger charge is 2.14. The molecule has 0 aliphatic rings. The number of phenols is 1. The van der Waals surface area contributed by atoms with Gasteiger partial charge >= 0.3 is 5.63 Å². The monoisotopic (exact) mass is 391 g/mol. The van der Waals surface area contributed by atoms with E-state index in [1.165, 1.54) is 0 Å². The Morgan fingerprint density at radius 1 is 0.964 bits per heavy atom. The molecular formula is C22H17NO4S. The summed E-state index contributed by atoms with van der Waals surface area (Å²) in [6, 6.07) is 19.7. The Balaban J connectivity index is 1.82. The van der Waals surface area contributed by atoms with E-state index in [0.717, 1.165) is 17.3 Å². The van der Waals surface area contributed by atoms with Gasteiger partial charge in [-0.25, -0.2) is 4.79 Å². The van der Waals surface area contributed by atoms with Gasteiger partial charge in [-0.1, -0.05) is 54.2 Å². The van der Waals surface area contributed by atoms with Crippen molar-refractivity contribution in [3.63, 3.8) is 0 Å². The summed E-state index contributed by atoms with van der Waals surface area (Å²) in [5.41, 5.74) is 1.22. The first-order valence-electron chi connectivity index (χ1n) is 8.71. The number of hydrogen-bond donors (Lipinski definition) is 1. The van der Waals surface area contributed by atoms with E-state index in [9.17, 15) is 14.7 Å². The van der Waals surface area contributed by atoms with E-state index >= 15 is 0 Å². The van der Waals surface area contributed by atoms with Crippen molar-refractivity contribution in [1.29, 1.82) is 0 Å². The molecule has 0 atom stereocenters. The van der Waals surface area contributed by atoms with Crippen LogP contribution in [0.2, 0.25) is 0 Å². The molecule has 5 nitrogen and oxygen atoms in total. The number of hydrogen-bond acceptors (Lipinski definition) is 5. The van der Waals surface area contributed by atoms with Crippen LogP contribution < -0.4 is 11.2 Å². The second kappa shape index (κ2) is 7.40. The minimum absolute atomic E-state index is 0.0670. The molecule has 2 aromatic carbocycles. The second-order valence-corrected chi connectivity index (χ2v) is 7.49. The number of phenolic OH excluding ortho intramolecular Hbond substituents is 1. The SMILES string of the molecule is Cc1cc2oc(=O)c(Sc3ccccc3O)cc2c(=O)n1Cc1ccccc1. The van der Waals surface area contributed by atoms with Gasteiger partial charge < -0.3 is 14.1 Å². The molecule has 0 saturated carbocycles. The lowest BCUT2D eigenvalue weighted by molar-refractivity contribution is 0.462. The fourth-order valence-electron chi connectivity index (χ4n) is 3.01. The van der Waals surface area contributed by atoms with Crippen molar-refractivity contribution < 1.29 is 9.52 Å². The Kier molecular flexibility index (Phi) is 4.79. The summed E-state index contributed by atoms with van der Waals surface area (Å²) in [5, 5.41) is 10.3. The molecule has 0 aliphatic carbocycles. The van der Waals surface area contributed by atoms with Gasteiger partial charge in [0.1, 0.15) is 11.3 Å². The molecule has 0 aliphatic heterocycles. The maximum absolute atomic E-state index is 13.1. The van der Waals surface area contributed by atoms with E-state index in [2.05, 4.69) is 0 Å². The van der Waals surface area contributed by atoms with Crippen LogP contribution in [0.5, 0.6) is 5.75 Å². The minimum Gasteiger partial charge on any atom is -0.507 e. The number of aryl methyl sites for hydroxylation is 1. The van der Waals surface area contributed by atoms with Crippen LogP contribution in [0.4, 0.5) is 0 Å². The number of para-hydroxylation sites is 1. The molecule has 0 radical (unpaired) electrons. The van der Waals surface area contributed by atoms with Gasteiger partial charge in [-0.15, -0.1) is 0 Å². The summed E-state index contributed by atoms with van der Waals surface area (Å²) >= 11 is 1.07. The van der Waals surface area contributed by atoms with E-state index in [1.54, 1.807) is 41.0 Å². The average molecular weight is 391 g/mol. The van der Waals surface area contributed by atoms with Gasteiger partial charge in [0.25, 0.3) is 5.56 Å². The van der Waals surface area contributed by atoms with Gasteiger partial charge in [0.15, 0.2) is 0 Å². The third-order valence-corrected chi connectivity index (χ3v) is 5.52. The lowest BCUT2D eigenvalue weighted by atomic mass is 10.2. The molecule has 28 heavy (non-hydrogen) atoms. The predicted molar refractivity (Wildman–Crippen MR) is 109 cm³/mol. The zero-order chi connectivity index (χ0) is 19.7. The van der Waals surface area contributed by atoms with E-state index in [0.29, 0.717) is 22.5 Å². The number of pyridine rings is 1. The third-order valence-electron chi connectivity index (χ3n) is 4.45. The molecule has 140 valence electrons. The van der Waals surface area contributed by atoms with Crippen molar-refractivity contribution in [1.82, 2.24) is 4.57 Å². The van der Waals surface area contributed by atoms with Crippen molar-refractivity contribution in [3.05, 3.63) is 98.8 Å². The molecule has 6 heteroatoms. The largest absolute Gasteiger partial charge is 0.507 e. The molecular weight excluding hydrogens is 374 g/mol. The Morgan fingerprint density at radius 2 is 1.68 bits per heavy atom. The number of fused-ring (bicyclic) bond motifs is 1. The van der Waals surface area contributed by atoms with Gasteiger partial charge in [0.2, 0.25) is 0 Å². The number of nitrogens with zero attached hydrogens (tertiary/aromatic N) is 1. The van der Waals surface area contributed by atoms with Gasteiger partial charge in [0, 0.05) is 11.8 Å². The highest BCUT2D eigenvalue weighted by molar-refractivity contribution is 7.99. The maximum atomic E-state index is 13.1. The Morgan fingerprint density at radius 3 is 2.43 bits per heavy atom. The smallest absolute Gasteiger partial charge is 0.350 e. The van der Waals surface area contributed by atoms with E-state index in [-0.39, 0.29) is 21.8 Å². The van der Waals surface area contributed by atoms with Crippen LogP contribution in [-0.4, -0.2) is 9.67 Å². The molecule has 0 fully saturated rings. The lowest BCUT2D eigenvalue weighted by Crippen LogP contribution is -2.23. The van der Waals surface area contributed by atoms with Crippen molar-refractivity contribution in [3.8, 4) is 5.75 Å². The fraction of sp³-hybridized carbons (Fsp3) is 0.0909. The number of aromatic hydroxyl groups is 1. The van der Waals surface area contributed by atoms with E-state index in [4.69, 9.17) is 4.42 Å². The van der Waals surface area contributed by atoms with Crippen molar-refractivity contribution >= 4 is 22.7 Å². The molecule has 2 heterocycles. The van der Waals surface area contributed by atoms with Gasteiger partial charge in [-0.3, -0.25) is 4.79 Å². The van der Waals surface area contributed by atoms with Gasteiger partial charge in [-0.2, -0.15) is 0 Å². The van der Waals surface area contributed by atoms with Gasteiger partial charge in [-0.05, 0) is 30.7 Å². The number of benzene rings is 2. The van der Waals surface area contributed by atoms with Crippen molar-refractivity contribution in [2.24, 2.45) is 0 Å². The predicted octanol–water partition coefficient (Wildman–Crippen LogP) is 4.17. The van der Waals surface area contributed by atoms with E-state index < -0.39 is 5.63 Å². The van der Waals surface area contributed by atoms with Crippen LogP contribution in [0, 0.1) is 6.92 Å². The fourth-order valence-corrected chi connectivity index (χ4v) is 3.87. The summed E-state index contributed by atoms with van der Waals surface area (Å²) < 4.78 is 7.06. The standard InChI is InChI=1S/C22H17NO4S/c1-14-11-18-16(21(25)23(14)13-15-7-3-2-4-8-15)12-20(22(26)27-18)28-19-10-6-5-9-17(19)24/h2-12,24H,13H2,1H3. The summed E-state index contributed by atoms with van der Waals surface area (Å²) in [7, 11) is 0. The lowest BCUT2D eigenvalue weighted by Gasteiger charge is -2.12. The van der Waals surface area contributed by atoms with Crippen LogP contribution in [0.25, 0.3) is 11.0 Å². The van der Waals surface area contributed by atoms with Crippen LogP contribution in [0.1, 0.15) is 11.3 Å². The zero-order valence-electron chi connectivity index (χ0n) is 15.1. The number of aromatic nitrogens is 1. The van der Waals surface area contributed by atoms with Crippen molar-refractivity contribution in [2.45, 2.75) is 23.3 Å². The summed E-state index contributed by atoms with van der Waals surface area (Å²) in [6.07, 6.45) is 0. The zero-order valence-corrected chi connectivity index (χ0v) is 15.9. The molecule has 1 N–H and O–H groups in total. The molecule has 0 amide bonds. The topological polar surface area (TPSA) is 72.4 Å². The molecule has 0 bridgehead atoms. The first-order chi connectivity index (χ1) is 13.5. The quantitative estimate of drug-likeness (QED) is 0.565. The molecule has 4 rings (SSSR count). The highest BCUT2D eigenvalue weighted by Crippen LogP contribution is 2.33. The van der Waals surface area contributed by atoms with Crippen LogP contribution in [0.15, 0.2) is 90.5 Å². The number of rotatable bonds is 4. The average Bonchev–Trinajstić information content (AvgIpc) is 2.69. The van der Waals surface area contributed by atoms with Crippen LogP contribution >= 0.6 is 11.8 Å². The summed E-state index contributed by atoms with van der Waals surface area (Å²) in [6.45, 7) is 2.25. The second-order valence-electron chi connectivity index (χ2n) is 6.41. The molecule has 0 saturated heterocycles. The first-order valence-corrected chi connectivity index (χ1v) is 9.52. The summed E-state index contributed by atoms with van der Waals surface area (Å²) in [4.78, 5) is 26.2. The van der Waals surface area contributed by atoms with Gasteiger partial charge in [0.05, 0.1) is 21.7 Å². The minimum atomic E-state index is -0.541. The van der Waals surface area contributed by atoms with Crippen LogP contribution in [0.3, 0.4) is 0 Å². The molecule has 2 aromatic heterocycles. The Bertz CT molecular complexity index is 1280. The molecule has 4 aromatic rings. The van der Waals surface area contributed by atoms with E-state index in [1.807, 2.05) is 37.3 Å². The normalized spacial score (nSPS) is 11.0. The first kappa shape index (κ1) is 18.1. The summed E-state index contributed by atoms with van der Waals surface area (Å²) in [5.74, 6) is 0.0670. The third kappa shape index (κ3) is 3.46. The molecule has 0 spiro atoms. The Hall–Kier alpha value is -3.25. The Labute approximate surface area is 164 Å². The maximum Gasteiger partial charge on any atom is 0.350 e. The highest BCUT2D eigenvalue weighted by atomic mass is 32.2. The van der Waals surface area contributed by atoms with Crippen LogP contribution in [-0.2, 0) is 6.54 Å². The van der Waals surface area contributed by atoms with Crippen molar-refractivity contribution in [2.75, 3.05) is 0 Å². The molecule has 0 unspecified atom stereocenters.